The van der Waals surface area contributed by atoms with Gasteiger partial charge in [0.1, 0.15) is 22.6 Å². The Morgan fingerprint density at radius 3 is 2.59 bits per heavy atom. The van der Waals surface area contributed by atoms with Gasteiger partial charge in [0.2, 0.25) is 0 Å². The van der Waals surface area contributed by atoms with Gasteiger partial charge in [-0.25, -0.2) is 4.39 Å². The highest BCUT2D eigenvalue weighted by molar-refractivity contribution is 14.2. The van der Waals surface area contributed by atoms with Crippen molar-refractivity contribution in [3.8, 4) is 11.5 Å². The first-order chi connectivity index (χ1) is 14.0. The van der Waals surface area contributed by atoms with E-state index in [2.05, 4.69) is 26.2 Å². The lowest BCUT2D eigenvalue weighted by Crippen LogP contribution is -2.29. The van der Waals surface area contributed by atoms with E-state index in [1.165, 1.54) is 30.5 Å². The minimum Gasteiger partial charge on any atom is -0.506 e. The molecule has 6 nitrogen and oxygen atoms in total. The first-order valence-corrected chi connectivity index (χ1v) is 12.2. The molecule has 2 aromatic carbocycles. The van der Waals surface area contributed by atoms with E-state index in [9.17, 15) is 19.1 Å². The number of phenols is 1. The van der Waals surface area contributed by atoms with Gasteiger partial charge in [-0.05, 0) is 51.0 Å². The Bertz CT molecular complexity index is 1120. The first kappa shape index (κ1) is 19.9. The van der Waals surface area contributed by atoms with Crippen LogP contribution in [0.2, 0.25) is 0 Å². The number of carbonyl (C=O) groups excluding carboxylic acids is 2. The fraction of sp³-hybridized carbons (Fsp3) is 0.150. The van der Waals surface area contributed by atoms with Gasteiger partial charge in [0, 0.05) is 17.3 Å². The number of aromatic nitrogens is 1. The van der Waals surface area contributed by atoms with Gasteiger partial charge in [0.15, 0.2) is 5.75 Å². The maximum absolute atomic E-state index is 13.2. The molecule has 3 aromatic rings. The molecular weight excluding hydrogens is 510 g/mol. The largest absolute Gasteiger partial charge is 0.506 e. The number of pyridine rings is 1. The number of carbonyl (C=O) groups is 2. The molecular formula is C20H14FIN2O4S. The fourth-order valence-corrected chi connectivity index (χ4v) is 3.95. The van der Waals surface area contributed by atoms with Gasteiger partial charge >= 0.3 is 0 Å². The van der Waals surface area contributed by atoms with E-state index in [0.29, 0.717) is 28.8 Å². The van der Waals surface area contributed by atoms with Crippen molar-refractivity contribution in [1.29, 1.82) is 0 Å². The fourth-order valence-electron chi connectivity index (χ4n) is 3.27. The van der Waals surface area contributed by atoms with Crippen molar-refractivity contribution in [3.05, 3.63) is 65.1 Å². The molecule has 1 aliphatic heterocycles. The number of fused-ring (bicyclic) bond motifs is 2. The second-order valence-corrected chi connectivity index (χ2v) is 8.81. The number of imide groups is 1. The molecule has 0 spiro atoms. The van der Waals surface area contributed by atoms with E-state index in [1.807, 2.05) is 0 Å². The maximum Gasteiger partial charge on any atom is 0.265 e. The predicted molar refractivity (Wildman–Crippen MR) is 116 cm³/mol. The van der Waals surface area contributed by atoms with E-state index >= 15 is 0 Å². The average Bonchev–Trinajstić information content (AvgIpc) is 2.97. The van der Waals surface area contributed by atoms with Crippen molar-refractivity contribution in [2.75, 3.05) is 12.4 Å². The summed E-state index contributed by atoms with van der Waals surface area (Å²) in [6, 6.07) is 8.80. The Hall–Kier alpha value is -2.40. The third-order valence-corrected chi connectivity index (χ3v) is 6.21. The highest BCUT2D eigenvalue weighted by Crippen LogP contribution is 2.44. The zero-order valence-electron chi connectivity index (χ0n) is 14.9. The molecule has 0 saturated heterocycles. The van der Waals surface area contributed by atoms with Crippen molar-refractivity contribution >= 4 is 52.9 Å². The quantitative estimate of drug-likeness (QED) is 0.294. The maximum atomic E-state index is 13.2. The molecule has 2 amide bonds. The number of benzene rings is 2. The van der Waals surface area contributed by atoms with Crippen LogP contribution in [0.15, 0.2) is 42.6 Å². The summed E-state index contributed by atoms with van der Waals surface area (Å²) in [6.07, 6.45) is 1.53. The smallest absolute Gasteiger partial charge is 0.265 e. The van der Waals surface area contributed by atoms with Crippen molar-refractivity contribution in [1.82, 2.24) is 9.88 Å². The number of hydrogen-bond donors (Lipinski definition) is 1. The summed E-state index contributed by atoms with van der Waals surface area (Å²) in [5, 5.41) is 11.1. The molecule has 148 valence electrons. The van der Waals surface area contributed by atoms with Crippen LogP contribution in [0.1, 0.15) is 26.3 Å². The van der Waals surface area contributed by atoms with Crippen LogP contribution in [0.4, 0.5) is 4.39 Å². The third kappa shape index (κ3) is 3.52. The summed E-state index contributed by atoms with van der Waals surface area (Å²) in [6.45, 7) is 0.273. The molecule has 1 aromatic heterocycles. The van der Waals surface area contributed by atoms with Crippen LogP contribution in [-0.2, 0) is 6.54 Å². The van der Waals surface area contributed by atoms with E-state index in [1.54, 1.807) is 21.1 Å². The summed E-state index contributed by atoms with van der Waals surface area (Å²) in [4.78, 5) is 31.4. The van der Waals surface area contributed by atoms with Crippen molar-refractivity contribution in [2.24, 2.45) is 0 Å². The Morgan fingerprint density at radius 2 is 1.86 bits per heavy atom. The minimum absolute atomic E-state index is 0.0132. The predicted octanol–water partition coefficient (Wildman–Crippen LogP) is 4.34. The van der Waals surface area contributed by atoms with Crippen molar-refractivity contribution < 1.29 is 23.8 Å². The van der Waals surface area contributed by atoms with E-state index in [4.69, 9.17) is 4.74 Å². The number of hydrogen-bond acceptors (Lipinski definition) is 6. The molecule has 29 heavy (non-hydrogen) atoms. The van der Waals surface area contributed by atoms with Gasteiger partial charge in [-0.15, -0.1) is 0 Å². The molecule has 1 aliphatic rings. The number of rotatable bonds is 6. The van der Waals surface area contributed by atoms with E-state index in [0.717, 1.165) is 4.90 Å². The lowest BCUT2D eigenvalue weighted by Gasteiger charge is -2.14. The second-order valence-electron chi connectivity index (χ2n) is 6.31. The van der Waals surface area contributed by atoms with E-state index < -0.39 is 17.6 Å². The summed E-state index contributed by atoms with van der Waals surface area (Å²) in [7, 11) is 1.55. The molecule has 9 heteroatoms. The highest BCUT2D eigenvalue weighted by atomic mass is 127. The van der Waals surface area contributed by atoms with Crippen LogP contribution in [-0.4, -0.2) is 39.2 Å². The van der Waals surface area contributed by atoms with Crippen LogP contribution in [0.5, 0.6) is 11.5 Å². The van der Waals surface area contributed by atoms with Crippen LogP contribution in [0.3, 0.4) is 0 Å². The average molecular weight is 524 g/mol. The molecule has 0 bridgehead atoms. The first-order valence-electron chi connectivity index (χ1n) is 8.63. The SMILES string of the molecule is O=C1c2c(c(OCCSI)c3ncccc3c2O)C(=O)N1Cc1ccc(F)cc1. The number of aromatic hydroxyl groups is 1. The molecule has 4 rings (SSSR count). The van der Waals surface area contributed by atoms with Crippen LogP contribution in [0, 0.1) is 5.82 Å². The molecule has 0 radical (unpaired) electrons. The zero-order valence-corrected chi connectivity index (χ0v) is 17.9. The number of nitrogens with zero attached hydrogens (tertiary/aromatic N) is 2. The summed E-state index contributed by atoms with van der Waals surface area (Å²) in [5.74, 6) is -1.03. The standard InChI is InChI=1S/C20H14FIN2O4S/c21-12-5-3-11(4-6-12)10-24-19(26)14-15(20(24)27)18(28-8-9-29-22)16-13(17(14)25)2-1-7-23-16/h1-7,25H,8-10H2. The molecule has 0 unspecified atom stereocenters. The van der Waals surface area contributed by atoms with Crippen LogP contribution < -0.4 is 4.74 Å². The number of halogens is 2. The van der Waals surface area contributed by atoms with Gasteiger partial charge in [0.25, 0.3) is 11.8 Å². The molecule has 0 atom stereocenters. The Kier molecular flexibility index (Phi) is 5.59. The lowest BCUT2D eigenvalue weighted by atomic mass is 10.0. The van der Waals surface area contributed by atoms with Crippen LogP contribution >= 0.6 is 30.1 Å². The molecule has 2 heterocycles. The molecule has 0 fully saturated rings. The zero-order chi connectivity index (χ0) is 20.5. The van der Waals surface area contributed by atoms with Crippen molar-refractivity contribution in [3.63, 3.8) is 0 Å². The number of ether oxygens (including phenoxy) is 1. The highest BCUT2D eigenvalue weighted by Gasteiger charge is 2.42. The van der Waals surface area contributed by atoms with Crippen LogP contribution in [0.25, 0.3) is 10.9 Å². The second kappa shape index (κ2) is 8.15. The molecule has 1 N–H and O–H groups in total. The Morgan fingerprint density at radius 1 is 1.14 bits per heavy atom. The van der Waals surface area contributed by atoms with E-state index in [-0.39, 0.29) is 29.2 Å². The topological polar surface area (TPSA) is 79.7 Å². The van der Waals surface area contributed by atoms with Gasteiger partial charge in [-0.3, -0.25) is 19.5 Å². The number of amides is 2. The van der Waals surface area contributed by atoms with Gasteiger partial charge < -0.3 is 9.84 Å². The lowest BCUT2D eigenvalue weighted by molar-refractivity contribution is 0.0640. The van der Waals surface area contributed by atoms with Gasteiger partial charge in [-0.1, -0.05) is 21.1 Å². The molecule has 0 saturated carbocycles. The van der Waals surface area contributed by atoms with Gasteiger partial charge in [0.05, 0.1) is 18.7 Å². The minimum atomic E-state index is -0.620. The monoisotopic (exact) mass is 524 g/mol. The van der Waals surface area contributed by atoms with Gasteiger partial charge in [-0.2, -0.15) is 0 Å². The Labute approximate surface area is 181 Å². The normalized spacial score (nSPS) is 13.2. The third-order valence-electron chi connectivity index (χ3n) is 4.57. The Balaban J connectivity index is 1.82. The summed E-state index contributed by atoms with van der Waals surface area (Å²) in [5.41, 5.74) is 0.841. The summed E-state index contributed by atoms with van der Waals surface area (Å²) < 4.78 is 19.0. The van der Waals surface area contributed by atoms with Crippen molar-refractivity contribution in [2.45, 2.75) is 6.54 Å². The summed E-state index contributed by atoms with van der Waals surface area (Å²) >= 11 is 2.14. The number of phenolic OH excluding ortho intramolecular Hbond substituents is 1. The molecule has 0 aliphatic carbocycles.